The first-order chi connectivity index (χ1) is 10.4. The van der Waals surface area contributed by atoms with E-state index in [-0.39, 0.29) is 6.16 Å². The van der Waals surface area contributed by atoms with Crippen LogP contribution in [0.3, 0.4) is 0 Å². The molecule has 0 aliphatic carbocycles. The lowest BCUT2D eigenvalue weighted by molar-refractivity contribution is -0.139. The monoisotopic (exact) mass is 337 g/mol. The number of hydrogen-bond acceptors (Lipinski definition) is 4. The van der Waals surface area contributed by atoms with Gasteiger partial charge >= 0.3 is 13.6 Å². The Morgan fingerprint density at radius 2 is 1.50 bits per heavy atom. The lowest BCUT2D eigenvalue weighted by Crippen LogP contribution is -2.34. The molecular weight excluding hydrogens is 305 g/mol. The number of nitrogens with two attached hydrogens (primary N) is 1. The van der Waals surface area contributed by atoms with E-state index in [0.29, 0.717) is 6.42 Å². The van der Waals surface area contributed by atoms with Crippen molar-refractivity contribution in [3.8, 4) is 0 Å². The minimum absolute atomic E-state index is 0.0653. The van der Waals surface area contributed by atoms with Gasteiger partial charge in [-0.05, 0) is 6.42 Å². The molecule has 0 saturated carbocycles. The highest BCUT2D eigenvalue weighted by Crippen LogP contribution is 2.42. The van der Waals surface area contributed by atoms with E-state index in [2.05, 4.69) is 6.92 Å². The number of hydrogen-bond donors (Lipinski definition) is 3. The third-order valence-corrected chi connectivity index (χ3v) is 5.00. The van der Waals surface area contributed by atoms with Crippen LogP contribution in [-0.4, -0.2) is 34.8 Å². The average Bonchev–Trinajstić information content (AvgIpc) is 2.46. The first-order valence-corrected chi connectivity index (χ1v) is 10.1. The molecule has 0 aromatic carbocycles. The molecule has 0 heterocycles. The molecule has 0 aromatic heterocycles. The van der Waals surface area contributed by atoms with E-state index < -0.39 is 26.2 Å². The summed E-state index contributed by atoms with van der Waals surface area (Å²) in [6.45, 7) is 1.78. The van der Waals surface area contributed by atoms with Crippen molar-refractivity contribution in [1.82, 2.24) is 0 Å². The van der Waals surface area contributed by atoms with Gasteiger partial charge in [0.05, 0.1) is 6.61 Å². The normalized spacial score (nSPS) is 15.4. The predicted molar refractivity (Wildman–Crippen MR) is 88.1 cm³/mol. The van der Waals surface area contributed by atoms with Crippen LogP contribution in [0.5, 0.6) is 0 Å². The molecule has 0 fully saturated rings. The van der Waals surface area contributed by atoms with E-state index >= 15 is 0 Å². The van der Waals surface area contributed by atoms with E-state index in [1.165, 1.54) is 38.5 Å². The highest BCUT2D eigenvalue weighted by Gasteiger charge is 2.22. The predicted octanol–water partition coefficient (Wildman–Crippen LogP) is 3.52. The second-order valence-corrected chi connectivity index (χ2v) is 7.76. The molecule has 6 nitrogen and oxygen atoms in total. The van der Waals surface area contributed by atoms with E-state index in [1.807, 2.05) is 0 Å². The van der Waals surface area contributed by atoms with Crippen LogP contribution in [0.25, 0.3) is 0 Å². The number of unbranched alkanes of at least 4 members (excludes halogenated alkanes) is 9. The zero-order valence-electron chi connectivity index (χ0n) is 13.7. The lowest BCUT2D eigenvalue weighted by Gasteiger charge is -2.13. The highest BCUT2D eigenvalue weighted by atomic mass is 31.2. The van der Waals surface area contributed by atoms with Crippen LogP contribution in [0.1, 0.15) is 71.1 Å². The molecule has 0 radical (unpaired) electrons. The summed E-state index contributed by atoms with van der Waals surface area (Å²) in [5, 5.41) is 8.57. The first-order valence-electron chi connectivity index (χ1n) is 8.34. The van der Waals surface area contributed by atoms with Crippen LogP contribution in [0.4, 0.5) is 0 Å². The maximum absolute atomic E-state index is 11.7. The molecule has 0 amide bonds. The van der Waals surface area contributed by atoms with Crippen LogP contribution < -0.4 is 5.73 Å². The summed E-state index contributed by atoms with van der Waals surface area (Å²) in [7, 11) is -3.70. The maximum atomic E-state index is 11.7. The number of carboxylic acid groups (broad SMARTS) is 1. The van der Waals surface area contributed by atoms with Gasteiger partial charge in [0.15, 0.2) is 0 Å². The number of aliphatic carboxylic acids is 1. The molecule has 2 unspecified atom stereocenters. The Hall–Kier alpha value is -0.420. The van der Waals surface area contributed by atoms with Gasteiger partial charge in [0.2, 0.25) is 0 Å². The molecule has 0 aliphatic heterocycles. The Bertz CT molecular complexity index is 338. The fourth-order valence-electron chi connectivity index (χ4n) is 2.13. The Balaban J connectivity index is 3.49. The molecule has 0 aromatic rings. The van der Waals surface area contributed by atoms with Crippen LogP contribution in [0.15, 0.2) is 0 Å². The molecule has 0 rings (SSSR count). The summed E-state index contributed by atoms with van der Waals surface area (Å²) in [6, 6.07) is -1.26. The molecule has 0 aliphatic rings. The van der Waals surface area contributed by atoms with Crippen molar-refractivity contribution in [2.24, 2.45) is 5.73 Å². The summed E-state index contributed by atoms with van der Waals surface area (Å²) in [5.41, 5.74) is 5.22. The van der Waals surface area contributed by atoms with E-state index in [9.17, 15) is 14.3 Å². The van der Waals surface area contributed by atoms with Gasteiger partial charge in [-0.1, -0.05) is 64.7 Å². The Labute approximate surface area is 134 Å². The van der Waals surface area contributed by atoms with E-state index in [4.69, 9.17) is 15.4 Å². The smallest absolute Gasteiger partial charge is 0.328 e. The topological polar surface area (TPSA) is 110 Å². The van der Waals surface area contributed by atoms with Gasteiger partial charge < -0.3 is 20.3 Å². The van der Waals surface area contributed by atoms with E-state index in [0.717, 1.165) is 19.3 Å². The van der Waals surface area contributed by atoms with Crippen molar-refractivity contribution in [2.45, 2.75) is 77.2 Å². The third kappa shape index (κ3) is 13.3. The standard InChI is InChI=1S/C15H32NO5P/c1-2-3-4-5-6-7-8-9-10-11-12-22(19,20)21-13-14(16)15(17)18/h14H,2-13,16H2,1H3,(H,17,18)(H,19,20). The largest absolute Gasteiger partial charge is 0.480 e. The zero-order chi connectivity index (χ0) is 16.8. The second kappa shape index (κ2) is 13.1. The number of carboxylic acids is 1. The summed E-state index contributed by atoms with van der Waals surface area (Å²) in [5.74, 6) is -1.24. The van der Waals surface area contributed by atoms with Gasteiger partial charge in [-0.3, -0.25) is 9.36 Å². The van der Waals surface area contributed by atoms with Gasteiger partial charge in [-0.2, -0.15) is 0 Å². The van der Waals surface area contributed by atoms with Crippen molar-refractivity contribution >= 4 is 13.6 Å². The fraction of sp³-hybridized carbons (Fsp3) is 0.933. The van der Waals surface area contributed by atoms with Crippen LogP contribution >= 0.6 is 7.60 Å². The van der Waals surface area contributed by atoms with Crippen LogP contribution in [-0.2, 0) is 13.9 Å². The Morgan fingerprint density at radius 1 is 1.05 bits per heavy atom. The van der Waals surface area contributed by atoms with Gasteiger partial charge in [0.25, 0.3) is 0 Å². The molecule has 22 heavy (non-hydrogen) atoms. The van der Waals surface area contributed by atoms with Gasteiger partial charge in [-0.25, -0.2) is 0 Å². The van der Waals surface area contributed by atoms with Gasteiger partial charge in [-0.15, -0.1) is 0 Å². The fourth-order valence-corrected chi connectivity index (χ4v) is 3.28. The molecule has 0 spiro atoms. The van der Waals surface area contributed by atoms with Crippen molar-refractivity contribution in [3.63, 3.8) is 0 Å². The Morgan fingerprint density at radius 3 is 1.95 bits per heavy atom. The van der Waals surface area contributed by atoms with Crippen molar-refractivity contribution in [3.05, 3.63) is 0 Å². The number of carbonyl (C=O) groups is 1. The molecule has 0 bridgehead atoms. The molecule has 4 N–H and O–H groups in total. The van der Waals surface area contributed by atoms with Gasteiger partial charge in [0, 0.05) is 6.16 Å². The molecule has 7 heteroatoms. The number of rotatable bonds is 15. The average molecular weight is 337 g/mol. The summed E-state index contributed by atoms with van der Waals surface area (Å²) < 4.78 is 16.4. The molecule has 2 atom stereocenters. The first kappa shape index (κ1) is 21.6. The van der Waals surface area contributed by atoms with Gasteiger partial charge in [0.1, 0.15) is 6.04 Å². The Kier molecular flexibility index (Phi) is 12.8. The van der Waals surface area contributed by atoms with Crippen LogP contribution in [0, 0.1) is 0 Å². The SMILES string of the molecule is CCCCCCCCCCCCP(=O)(O)OCC(N)C(=O)O. The van der Waals surface area contributed by atoms with E-state index in [1.54, 1.807) is 0 Å². The minimum atomic E-state index is -3.70. The molecule has 0 saturated heterocycles. The molecular formula is C15H32NO5P. The zero-order valence-corrected chi connectivity index (χ0v) is 14.6. The second-order valence-electron chi connectivity index (χ2n) is 5.78. The quantitative estimate of drug-likeness (QED) is 0.311. The highest BCUT2D eigenvalue weighted by molar-refractivity contribution is 7.52. The van der Waals surface area contributed by atoms with Crippen molar-refractivity contribution < 1.29 is 23.9 Å². The van der Waals surface area contributed by atoms with Crippen molar-refractivity contribution in [2.75, 3.05) is 12.8 Å². The summed E-state index contributed by atoms with van der Waals surface area (Å²) >= 11 is 0. The minimum Gasteiger partial charge on any atom is -0.480 e. The summed E-state index contributed by atoms with van der Waals surface area (Å²) in [4.78, 5) is 20.0. The summed E-state index contributed by atoms with van der Waals surface area (Å²) in [6.07, 6.45) is 11.5. The van der Waals surface area contributed by atoms with Crippen LogP contribution in [0.2, 0.25) is 0 Å². The lowest BCUT2D eigenvalue weighted by atomic mass is 10.1. The maximum Gasteiger partial charge on any atom is 0.328 e. The van der Waals surface area contributed by atoms with Crippen molar-refractivity contribution in [1.29, 1.82) is 0 Å². The molecule has 132 valence electrons. The third-order valence-electron chi connectivity index (χ3n) is 3.57.